The van der Waals surface area contributed by atoms with Gasteiger partial charge in [0.05, 0.1) is 20.8 Å². The molecule has 0 spiro atoms. The molecule has 2 aromatic carbocycles. The molecule has 2 heterocycles. The molecule has 3 aromatic rings. The van der Waals surface area contributed by atoms with Crippen LogP contribution in [0.25, 0.3) is 11.3 Å². The highest BCUT2D eigenvalue weighted by Gasteiger charge is 2.23. The SMILES string of the molecule is Cc1ccc(-c2ccc(N3CCN(C(=O)COc4cc(Cl)c(Cl)cc4Cl)CC3)nn2)cc1C. The van der Waals surface area contributed by atoms with Crippen molar-refractivity contribution in [3.63, 3.8) is 0 Å². The van der Waals surface area contributed by atoms with E-state index >= 15 is 0 Å². The van der Waals surface area contributed by atoms with Gasteiger partial charge >= 0.3 is 0 Å². The quantitative estimate of drug-likeness (QED) is 0.432. The van der Waals surface area contributed by atoms with Gasteiger partial charge in [0.15, 0.2) is 12.4 Å². The first-order valence-electron chi connectivity index (χ1n) is 10.5. The molecule has 1 aliphatic rings. The third-order valence-corrected chi connectivity index (χ3v) is 6.75. The third kappa shape index (κ3) is 5.52. The Hall–Kier alpha value is -2.54. The summed E-state index contributed by atoms with van der Waals surface area (Å²) in [4.78, 5) is 16.5. The Morgan fingerprint density at radius 1 is 0.879 bits per heavy atom. The Balaban J connectivity index is 1.31. The van der Waals surface area contributed by atoms with E-state index in [1.54, 1.807) is 4.90 Å². The second-order valence-corrected chi connectivity index (χ2v) is 9.15. The standard InChI is InChI=1S/C24H23Cl3N4O2/c1-15-3-4-17(11-16(15)2)21-5-6-23(29-28-21)30-7-9-31(10-8-30)24(32)14-33-22-13-19(26)18(25)12-20(22)27/h3-6,11-13H,7-10,14H2,1-2H3. The Morgan fingerprint density at radius 2 is 1.61 bits per heavy atom. The lowest BCUT2D eigenvalue weighted by Gasteiger charge is -2.35. The van der Waals surface area contributed by atoms with Crippen molar-refractivity contribution in [1.29, 1.82) is 0 Å². The number of hydrogen-bond donors (Lipinski definition) is 0. The monoisotopic (exact) mass is 504 g/mol. The van der Waals surface area contributed by atoms with E-state index in [-0.39, 0.29) is 12.5 Å². The Labute approximate surface area is 208 Å². The van der Waals surface area contributed by atoms with Crippen LogP contribution in [0.3, 0.4) is 0 Å². The van der Waals surface area contributed by atoms with E-state index in [1.165, 1.54) is 23.3 Å². The Bertz CT molecular complexity index is 1160. The molecule has 1 amide bonds. The largest absolute Gasteiger partial charge is 0.482 e. The minimum absolute atomic E-state index is 0.118. The summed E-state index contributed by atoms with van der Waals surface area (Å²) in [5, 5.41) is 9.79. The predicted octanol–water partition coefficient (Wildman–Crippen LogP) is 5.45. The minimum Gasteiger partial charge on any atom is -0.482 e. The van der Waals surface area contributed by atoms with Gasteiger partial charge in [0.2, 0.25) is 0 Å². The zero-order valence-corrected chi connectivity index (χ0v) is 20.6. The van der Waals surface area contributed by atoms with E-state index in [0.717, 1.165) is 17.1 Å². The van der Waals surface area contributed by atoms with Crippen LogP contribution in [0.4, 0.5) is 5.82 Å². The number of aryl methyl sites for hydroxylation is 2. The summed E-state index contributed by atoms with van der Waals surface area (Å²) in [6.45, 7) is 6.52. The molecular weight excluding hydrogens is 483 g/mol. The van der Waals surface area contributed by atoms with Crippen LogP contribution >= 0.6 is 34.8 Å². The third-order valence-electron chi connectivity index (χ3n) is 5.74. The summed E-state index contributed by atoms with van der Waals surface area (Å²) in [6, 6.07) is 13.2. The molecular formula is C24H23Cl3N4O2. The predicted molar refractivity (Wildman–Crippen MR) is 133 cm³/mol. The van der Waals surface area contributed by atoms with Crippen LogP contribution in [0.1, 0.15) is 11.1 Å². The average Bonchev–Trinajstić information content (AvgIpc) is 2.82. The van der Waals surface area contributed by atoms with Crippen molar-refractivity contribution in [3.05, 3.63) is 68.7 Å². The van der Waals surface area contributed by atoms with E-state index in [1.807, 2.05) is 12.1 Å². The van der Waals surface area contributed by atoms with E-state index < -0.39 is 0 Å². The van der Waals surface area contributed by atoms with E-state index in [2.05, 4.69) is 47.1 Å². The lowest BCUT2D eigenvalue weighted by molar-refractivity contribution is -0.133. The van der Waals surface area contributed by atoms with Gasteiger partial charge < -0.3 is 14.5 Å². The highest BCUT2D eigenvalue weighted by Crippen LogP contribution is 2.33. The van der Waals surface area contributed by atoms with Crippen molar-refractivity contribution in [3.8, 4) is 17.0 Å². The molecule has 1 aromatic heterocycles. The van der Waals surface area contributed by atoms with E-state index in [0.29, 0.717) is 47.0 Å². The normalized spacial score (nSPS) is 13.8. The Kier molecular flexibility index (Phi) is 7.27. The van der Waals surface area contributed by atoms with Crippen LogP contribution in [0.15, 0.2) is 42.5 Å². The molecule has 6 nitrogen and oxygen atoms in total. The van der Waals surface area contributed by atoms with Crippen molar-refractivity contribution in [1.82, 2.24) is 15.1 Å². The molecule has 0 atom stereocenters. The summed E-state index contributed by atoms with van der Waals surface area (Å²) in [5.74, 6) is 1.01. The fraction of sp³-hybridized carbons (Fsp3) is 0.292. The van der Waals surface area contributed by atoms with Gasteiger partial charge in [-0.1, -0.05) is 46.9 Å². The molecule has 1 fully saturated rings. The van der Waals surface area contributed by atoms with E-state index in [9.17, 15) is 4.79 Å². The first-order valence-corrected chi connectivity index (χ1v) is 11.7. The molecule has 4 rings (SSSR count). The molecule has 1 saturated heterocycles. The highest BCUT2D eigenvalue weighted by molar-refractivity contribution is 6.43. The number of carbonyl (C=O) groups is 1. The number of aromatic nitrogens is 2. The molecule has 9 heteroatoms. The van der Waals surface area contributed by atoms with Crippen molar-refractivity contribution < 1.29 is 9.53 Å². The number of amides is 1. The number of anilines is 1. The first kappa shape index (κ1) is 23.6. The molecule has 1 aliphatic heterocycles. The molecule has 0 bridgehead atoms. The van der Waals surface area contributed by atoms with Gasteiger partial charge in [-0.05, 0) is 49.2 Å². The molecule has 0 saturated carbocycles. The average molecular weight is 506 g/mol. The number of ether oxygens (including phenoxy) is 1. The number of benzene rings is 2. The van der Waals surface area contributed by atoms with Gasteiger partial charge in [0.1, 0.15) is 5.75 Å². The number of carbonyl (C=O) groups excluding carboxylic acids is 1. The van der Waals surface area contributed by atoms with Crippen molar-refractivity contribution >= 4 is 46.5 Å². The molecule has 0 N–H and O–H groups in total. The Morgan fingerprint density at radius 3 is 2.27 bits per heavy atom. The summed E-state index contributed by atoms with van der Waals surface area (Å²) in [6.07, 6.45) is 0. The number of halogens is 3. The van der Waals surface area contributed by atoms with Gasteiger partial charge in [-0.2, -0.15) is 0 Å². The number of nitrogens with zero attached hydrogens (tertiary/aromatic N) is 4. The smallest absolute Gasteiger partial charge is 0.260 e. The molecule has 172 valence electrons. The van der Waals surface area contributed by atoms with Gasteiger partial charge in [-0.3, -0.25) is 4.79 Å². The lowest BCUT2D eigenvalue weighted by atomic mass is 10.0. The first-order chi connectivity index (χ1) is 15.8. The highest BCUT2D eigenvalue weighted by atomic mass is 35.5. The lowest BCUT2D eigenvalue weighted by Crippen LogP contribution is -2.50. The van der Waals surface area contributed by atoms with Crippen molar-refractivity contribution in [2.75, 3.05) is 37.7 Å². The van der Waals surface area contributed by atoms with Gasteiger partial charge in [0, 0.05) is 37.8 Å². The van der Waals surface area contributed by atoms with Gasteiger partial charge in [-0.15, -0.1) is 10.2 Å². The molecule has 33 heavy (non-hydrogen) atoms. The summed E-state index contributed by atoms with van der Waals surface area (Å²) < 4.78 is 5.57. The maximum absolute atomic E-state index is 12.6. The summed E-state index contributed by atoms with van der Waals surface area (Å²) in [7, 11) is 0. The summed E-state index contributed by atoms with van der Waals surface area (Å²) >= 11 is 18.0. The van der Waals surface area contributed by atoms with Crippen LogP contribution in [-0.2, 0) is 4.79 Å². The fourth-order valence-electron chi connectivity index (χ4n) is 3.58. The van der Waals surface area contributed by atoms with Gasteiger partial charge in [0.25, 0.3) is 5.91 Å². The topological polar surface area (TPSA) is 58.6 Å². The van der Waals surface area contributed by atoms with Crippen LogP contribution < -0.4 is 9.64 Å². The van der Waals surface area contributed by atoms with Crippen molar-refractivity contribution in [2.45, 2.75) is 13.8 Å². The number of rotatable bonds is 5. The molecule has 0 aliphatic carbocycles. The van der Waals surface area contributed by atoms with Crippen LogP contribution in [-0.4, -0.2) is 53.8 Å². The van der Waals surface area contributed by atoms with Gasteiger partial charge in [-0.25, -0.2) is 0 Å². The zero-order chi connectivity index (χ0) is 23.5. The zero-order valence-electron chi connectivity index (χ0n) is 18.3. The van der Waals surface area contributed by atoms with Crippen molar-refractivity contribution in [2.24, 2.45) is 0 Å². The number of hydrogen-bond acceptors (Lipinski definition) is 5. The van der Waals surface area contributed by atoms with Crippen LogP contribution in [0, 0.1) is 13.8 Å². The number of piperazine rings is 1. The van der Waals surface area contributed by atoms with Crippen LogP contribution in [0.2, 0.25) is 15.1 Å². The molecule has 0 unspecified atom stereocenters. The minimum atomic E-state index is -0.123. The maximum atomic E-state index is 12.6. The van der Waals surface area contributed by atoms with E-state index in [4.69, 9.17) is 39.5 Å². The molecule has 0 radical (unpaired) electrons. The second kappa shape index (κ2) is 10.2. The van der Waals surface area contributed by atoms with Crippen LogP contribution in [0.5, 0.6) is 5.75 Å². The second-order valence-electron chi connectivity index (χ2n) is 7.93. The summed E-state index contributed by atoms with van der Waals surface area (Å²) in [5.41, 5.74) is 4.37. The fourth-order valence-corrected chi connectivity index (χ4v) is 4.17. The maximum Gasteiger partial charge on any atom is 0.260 e.